The van der Waals surface area contributed by atoms with Crippen LogP contribution in [0.15, 0.2) is 11.3 Å². The molecule has 0 aliphatic heterocycles. The Morgan fingerprint density at radius 3 is 2.67 bits per heavy atom. The lowest BCUT2D eigenvalue weighted by molar-refractivity contribution is 0.197. The maximum Gasteiger partial charge on any atom is 0.191 e. The summed E-state index contributed by atoms with van der Waals surface area (Å²) in [5, 5.41) is 14.7. The monoisotopic (exact) mass is 295 g/mol. The molecule has 0 radical (unpaired) electrons. The van der Waals surface area contributed by atoms with Crippen LogP contribution in [0.25, 0.3) is 0 Å². The number of aliphatic imine (C=N–C) groups is 1. The minimum atomic E-state index is 0.0707. The lowest BCUT2D eigenvalue weighted by atomic mass is 10.0. The van der Waals surface area contributed by atoms with Crippen LogP contribution in [0.1, 0.15) is 26.6 Å². The van der Waals surface area contributed by atoms with E-state index >= 15 is 0 Å². The minimum Gasteiger partial charge on any atom is -0.355 e. The molecule has 0 saturated carbocycles. The van der Waals surface area contributed by atoms with Crippen LogP contribution in [0, 0.1) is 0 Å². The second-order valence-electron chi connectivity index (χ2n) is 5.85. The van der Waals surface area contributed by atoms with E-state index in [1.54, 1.807) is 13.4 Å². The molecule has 0 aromatic carbocycles. The lowest BCUT2D eigenvalue weighted by Gasteiger charge is -2.33. The highest BCUT2D eigenvalue weighted by molar-refractivity contribution is 5.79. The fourth-order valence-corrected chi connectivity index (χ4v) is 1.71. The maximum atomic E-state index is 4.25. The zero-order valence-electron chi connectivity index (χ0n) is 14.1. The van der Waals surface area contributed by atoms with E-state index in [4.69, 9.17) is 0 Å². The van der Waals surface area contributed by atoms with E-state index in [9.17, 15) is 0 Å². The van der Waals surface area contributed by atoms with Gasteiger partial charge in [0.05, 0.1) is 0 Å². The first-order valence-electron chi connectivity index (χ1n) is 7.39. The fourth-order valence-electron chi connectivity index (χ4n) is 1.71. The zero-order chi connectivity index (χ0) is 15.9. The number of guanidine groups is 1. The van der Waals surface area contributed by atoms with Gasteiger partial charge in [-0.15, -0.1) is 10.2 Å². The highest BCUT2D eigenvalue weighted by Gasteiger charge is 2.20. The van der Waals surface area contributed by atoms with Crippen LogP contribution in [-0.2, 0) is 13.0 Å². The highest BCUT2D eigenvalue weighted by Crippen LogP contribution is 2.07. The van der Waals surface area contributed by atoms with Crippen LogP contribution in [0.5, 0.6) is 0 Å². The minimum absolute atomic E-state index is 0.0707. The van der Waals surface area contributed by atoms with Gasteiger partial charge in [0.2, 0.25) is 0 Å². The molecule has 1 rings (SSSR count). The standard InChI is InChI=1S/C14H29N7/c1-7-12-19-18-11-21(12)9-8-16-13(15-4)17-10-14(2,3)20(5)6/h11H,7-10H2,1-6H3,(H2,15,16,17). The van der Waals surface area contributed by atoms with Crippen molar-refractivity contribution in [2.24, 2.45) is 4.99 Å². The number of nitrogens with one attached hydrogen (secondary N) is 2. The Kier molecular flexibility index (Phi) is 6.61. The highest BCUT2D eigenvalue weighted by atomic mass is 15.3. The van der Waals surface area contributed by atoms with Gasteiger partial charge in [0.15, 0.2) is 5.96 Å². The van der Waals surface area contributed by atoms with E-state index in [1.807, 2.05) is 0 Å². The van der Waals surface area contributed by atoms with Gasteiger partial charge in [-0.25, -0.2) is 0 Å². The van der Waals surface area contributed by atoms with Gasteiger partial charge >= 0.3 is 0 Å². The Labute approximate surface area is 127 Å². The van der Waals surface area contributed by atoms with Crippen LogP contribution in [0.2, 0.25) is 0 Å². The lowest BCUT2D eigenvalue weighted by Crippen LogP contribution is -2.51. The average molecular weight is 295 g/mol. The Morgan fingerprint density at radius 2 is 2.10 bits per heavy atom. The normalized spacial score (nSPS) is 12.8. The van der Waals surface area contributed by atoms with Crippen molar-refractivity contribution in [3.63, 3.8) is 0 Å². The molecule has 0 fully saturated rings. The number of hydrogen-bond acceptors (Lipinski definition) is 4. The summed E-state index contributed by atoms with van der Waals surface area (Å²) in [5.74, 6) is 1.82. The molecule has 0 bridgehead atoms. The van der Waals surface area contributed by atoms with E-state index in [2.05, 4.69) is 70.2 Å². The van der Waals surface area contributed by atoms with Crippen LogP contribution in [0.3, 0.4) is 0 Å². The fraction of sp³-hybridized carbons (Fsp3) is 0.786. The number of nitrogens with zero attached hydrogens (tertiary/aromatic N) is 5. The smallest absolute Gasteiger partial charge is 0.191 e. The number of hydrogen-bond donors (Lipinski definition) is 2. The third-order valence-corrected chi connectivity index (χ3v) is 3.78. The molecule has 0 aliphatic rings. The molecule has 7 nitrogen and oxygen atoms in total. The van der Waals surface area contributed by atoms with Crippen molar-refractivity contribution in [3.05, 3.63) is 12.2 Å². The second kappa shape index (κ2) is 7.97. The largest absolute Gasteiger partial charge is 0.355 e. The molecule has 2 N–H and O–H groups in total. The molecule has 120 valence electrons. The SMILES string of the molecule is CCc1nncn1CCNC(=NC)NCC(C)(C)N(C)C. The molecule has 1 aromatic heterocycles. The first-order chi connectivity index (χ1) is 9.90. The van der Waals surface area contributed by atoms with Crippen LogP contribution in [-0.4, -0.2) is 65.4 Å². The quantitative estimate of drug-likeness (QED) is 0.561. The van der Waals surface area contributed by atoms with Crippen molar-refractivity contribution in [1.82, 2.24) is 30.3 Å². The van der Waals surface area contributed by atoms with Gasteiger partial charge in [-0.2, -0.15) is 0 Å². The molecule has 0 spiro atoms. The summed E-state index contributed by atoms with van der Waals surface area (Å²) in [6.07, 6.45) is 2.66. The number of aryl methyl sites for hydroxylation is 1. The van der Waals surface area contributed by atoms with Gasteiger partial charge in [0.1, 0.15) is 12.2 Å². The van der Waals surface area contributed by atoms with Gasteiger partial charge in [0.25, 0.3) is 0 Å². The Morgan fingerprint density at radius 1 is 1.38 bits per heavy atom. The van der Waals surface area contributed by atoms with Crippen LogP contribution in [0.4, 0.5) is 0 Å². The van der Waals surface area contributed by atoms with Crippen molar-refractivity contribution < 1.29 is 0 Å². The van der Waals surface area contributed by atoms with E-state index in [-0.39, 0.29) is 5.54 Å². The maximum absolute atomic E-state index is 4.25. The van der Waals surface area contributed by atoms with Crippen LogP contribution >= 0.6 is 0 Å². The van der Waals surface area contributed by atoms with Crippen molar-refractivity contribution >= 4 is 5.96 Å². The van der Waals surface area contributed by atoms with Gasteiger partial charge in [0, 0.05) is 38.6 Å². The molecular weight excluding hydrogens is 266 g/mol. The van der Waals surface area contributed by atoms with Crippen LogP contribution < -0.4 is 10.6 Å². The van der Waals surface area contributed by atoms with Crippen molar-refractivity contribution in [2.45, 2.75) is 39.3 Å². The van der Waals surface area contributed by atoms with Crippen molar-refractivity contribution in [3.8, 4) is 0 Å². The Balaban J connectivity index is 2.39. The molecule has 21 heavy (non-hydrogen) atoms. The van der Waals surface area contributed by atoms with Gasteiger partial charge in [-0.3, -0.25) is 4.99 Å². The summed E-state index contributed by atoms with van der Waals surface area (Å²) in [7, 11) is 5.95. The summed E-state index contributed by atoms with van der Waals surface area (Å²) in [6, 6.07) is 0. The van der Waals surface area contributed by atoms with E-state index in [1.165, 1.54) is 0 Å². The Hall–Kier alpha value is -1.63. The van der Waals surface area contributed by atoms with Gasteiger partial charge < -0.3 is 20.1 Å². The predicted molar refractivity (Wildman–Crippen MR) is 86.5 cm³/mol. The summed E-state index contributed by atoms with van der Waals surface area (Å²) in [4.78, 5) is 6.44. The molecule has 1 aromatic rings. The summed E-state index contributed by atoms with van der Waals surface area (Å²) >= 11 is 0. The summed E-state index contributed by atoms with van der Waals surface area (Å²) in [6.45, 7) is 8.90. The third-order valence-electron chi connectivity index (χ3n) is 3.78. The number of aromatic nitrogens is 3. The predicted octanol–water partition coefficient (Wildman–Crippen LogP) is 0.346. The molecule has 0 unspecified atom stereocenters. The molecule has 1 heterocycles. The van der Waals surface area contributed by atoms with E-state index < -0.39 is 0 Å². The second-order valence-corrected chi connectivity index (χ2v) is 5.85. The first kappa shape index (κ1) is 17.4. The third kappa shape index (κ3) is 5.34. The van der Waals surface area contributed by atoms with E-state index in [0.717, 1.165) is 37.8 Å². The van der Waals surface area contributed by atoms with Gasteiger partial charge in [-0.1, -0.05) is 6.92 Å². The molecular formula is C14H29N7. The molecule has 0 atom stereocenters. The Bertz CT molecular complexity index is 448. The number of rotatable bonds is 7. The van der Waals surface area contributed by atoms with Gasteiger partial charge in [-0.05, 0) is 27.9 Å². The zero-order valence-corrected chi connectivity index (χ0v) is 14.1. The summed E-state index contributed by atoms with van der Waals surface area (Å²) in [5.41, 5.74) is 0.0707. The summed E-state index contributed by atoms with van der Waals surface area (Å²) < 4.78 is 2.06. The molecule has 7 heteroatoms. The molecule has 0 amide bonds. The first-order valence-corrected chi connectivity index (χ1v) is 7.39. The van der Waals surface area contributed by atoms with E-state index in [0.29, 0.717) is 0 Å². The molecule has 0 aliphatic carbocycles. The van der Waals surface area contributed by atoms with Crippen molar-refractivity contribution in [2.75, 3.05) is 34.2 Å². The topological polar surface area (TPSA) is 70.4 Å². The number of likely N-dealkylation sites (N-methyl/N-ethyl adjacent to an activating group) is 1. The van der Waals surface area contributed by atoms with Crippen molar-refractivity contribution in [1.29, 1.82) is 0 Å². The molecule has 0 saturated heterocycles. The average Bonchev–Trinajstić information content (AvgIpc) is 2.89.